The summed E-state index contributed by atoms with van der Waals surface area (Å²) in [5.74, 6) is 2.23. The van der Waals surface area contributed by atoms with Gasteiger partial charge in [-0.3, -0.25) is 0 Å². The summed E-state index contributed by atoms with van der Waals surface area (Å²) < 4.78 is 13.9. The van der Waals surface area contributed by atoms with Crippen molar-refractivity contribution in [2.24, 2.45) is 34.5 Å². The first-order valence-electron chi connectivity index (χ1n) is 15.3. The lowest BCUT2D eigenvalue weighted by Gasteiger charge is -2.57. The summed E-state index contributed by atoms with van der Waals surface area (Å²) in [7, 11) is -3.70. The van der Waals surface area contributed by atoms with E-state index in [0.717, 1.165) is 32.5 Å². The van der Waals surface area contributed by atoms with Crippen molar-refractivity contribution in [2.75, 3.05) is 13.2 Å². The van der Waals surface area contributed by atoms with Gasteiger partial charge in [0.15, 0.2) is 16.6 Å². The molecule has 3 aliphatic rings. The third-order valence-electron chi connectivity index (χ3n) is 12.6. The molecule has 0 heterocycles. The highest BCUT2D eigenvalue weighted by Gasteiger charge is 2.57. The number of rotatable bonds is 7. The first kappa shape index (κ1) is 31.6. The summed E-state index contributed by atoms with van der Waals surface area (Å²) in [4.78, 5) is 0. The van der Waals surface area contributed by atoms with Crippen molar-refractivity contribution in [3.8, 4) is 0 Å². The standard InChI is InChI=1S/C32H62O3Si2/c1-23-14-15-27-26(22-35-37(12,13)30(5,6)7)28(17-19-31(23,27)8)32(9)18-16-25(33)20-24(32)21-34-36(10,11)29(2,3)4/h24-28,33H,1,14-22H2,2-13H3/t24-,25+,26+,27+,28+,31-,32+/m1/s1. The number of hydrogen-bond donors (Lipinski definition) is 1. The van der Waals surface area contributed by atoms with Gasteiger partial charge in [0.05, 0.1) is 6.10 Å². The Balaban J connectivity index is 1.93. The molecule has 0 radical (unpaired) electrons. The van der Waals surface area contributed by atoms with Gasteiger partial charge in [0.25, 0.3) is 0 Å². The van der Waals surface area contributed by atoms with Crippen molar-refractivity contribution in [3.05, 3.63) is 12.2 Å². The predicted octanol–water partition coefficient (Wildman–Crippen LogP) is 9.20. The summed E-state index contributed by atoms with van der Waals surface area (Å²) in [6, 6.07) is 0. The monoisotopic (exact) mass is 550 g/mol. The van der Waals surface area contributed by atoms with Gasteiger partial charge in [-0.2, -0.15) is 0 Å². The first-order valence-corrected chi connectivity index (χ1v) is 21.1. The zero-order chi connectivity index (χ0) is 28.2. The van der Waals surface area contributed by atoms with Crippen LogP contribution < -0.4 is 0 Å². The van der Waals surface area contributed by atoms with Gasteiger partial charge in [-0.05, 0) is 116 Å². The quantitative estimate of drug-likeness (QED) is 0.254. The van der Waals surface area contributed by atoms with E-state index in [-0.39, 0.29) is 27.0 Å². The van der Waals surface area contributed by atoms with Crippen molar-refractivity contribution in [3.63, 3.8) is 0 Å². The average Bonchev–Trinajstić information content (AvgIpc) is 3.06. The molecule has 0 aliphatic heterocycles. The molecular formula is C32H62O3Si2. The Kier molecular flexibility index (Phi) is 8.93. The van der Waals surface area contributed by atoms with Crippen molar-refractivity contribution >= 4 is 16.6 Å². The van der Waals surface area contributed by atoms with E-state index in [2.05, 4.69) is 88.2 Å². The van der Waals surface area contributed by atoms with E-state index in [9.17, 15) is 5.11 Å². The third-order valence-corrected chi connectivity index (χ3v) is 21.6. The molecule has 0 unspecified atom stereocenters. The Morgan fingerprint density at radius 3 is 1.92 bits per heavy atom. The van der Waals surface area contributed by atoms with Gasteiger partial charge in [0, 0.05) is 13.2 Å². The molecule has 1 N–H and O–H groups in total. The number of allylic oxidation sites excluding steroid dienone is 1. The van der Waals surface area contributed by atoms with Crippen molar-refractivity contribution in [1.82, 2.24) is 0 Å². The molecule has 0 amide bonds. The van der Waals surface area contributed by atoms with Crippen LogP contribution in [0, 0.1) is 34.5 Å². The maximum Gasteiger partial charge on any atom is 0.191 e. The van der Waals surface area contributed by atoms with Crippen LogP contribution >= 0.6 is 0 Å². The molecule has 3 rings (SSSR count). The number of hydrogen-bond acceptors (Lipinski definition) is 3. The zero-order valence-corrected chi connectivity index (χ0v) is 28.7. The Labute approximate surface area is 232 Å². The molecule has 0 aromatic heterocycles. The highest BCUT2D eigenvalue weighted by atomic mass is 28.4. The van der Waals surface area contributed by atoms with Gasteiger partial charge < -0.3 is 14.0 Å². The van der Waals surface area contributed by atoms with Crippen LogP contribution in [0.2, 0.25) is 36.3 Å². The highest BCUT2D eigenvalue weighted by molar-refractivity contribution is 6.74. The summed E-state index contributed by atoms with van der Waals surface area (Å²) >= 11 is 0. The Bertz CT molecular complexity index is 823. The van der Waals surface area contributed by atoms with Crippen LogP contribution in [0.25, 0.3) is 0 Å². The predicted molar refractivity (Wildman–Crippen MR) is 164 cm³/mol. The first-order chi connectivity index (χ1) is 16.7. The maximum absolute atomic E-state index is 10.8. The van der Waals surface area contributed by atoms with E-state index < -0.39 is 16.6 Å². The van der Waals surface area contributed by atoms with Gasteiger partial charge >= 0.3 is 0 Å². The fraction of sp³-hybridized carbons (Fsp3) is 0.938. The molecule has 3 aliphatic carbocycles. The molecule has 3 fully saturated rings. The molecule has 37 heavy (non-hydrogen) atoms. The van der Waals surface area contributed by atoms with Gasteiger partial charge in [-0.25, -0.2) is 0 Å². The van der Waals surface area contributed by atoms with Crippen LogP contribution in [0.5, 0.6) is 0 Å². The Hall–Kier alpha value is 0.0538. The van der Waals surface area contributed by atoms with Crippen LogP contribution in [0.15, 0.2) is 12.2 Å². The van der Waals surface area contributed by atoms with Crippen LogP contribution in [0.4, 0.5) is 0 Å². The van der Waals surface area contributed by atoms with E-state index in [1.807, 2.05) is 0 Å². The van der Waals surface area contributed by atoms with E-state index in [4.69, 9.17) is 8.85 Å². The molecular weight excluding hydrogens is 489 g/mol. The molecule has 5 heteroatoms. The van der Waals surface area contributed by atoms with Gasteiger partial charge in [0.2, 0.25) is 0 Å². The number of aliphatic hydroxyl groups is 1. The summed E-state index contributed by atoms with van der Waals surface area (Å²) in [5, 5.41) is 11.2. The SMILES string of the molecule is C=C1CC[C@H]2[C@H](CO[Si](C)(C)C(C)(C)C)[C@@H]([C@@]3(C)CC[C@H](O)C[C@@H]3CO[Si](C)(C)C(C)(C)C)CC[C@]12C. The van der Waals surface area contributed by atoms with Crippen LogP contribution in [0.3, 0.4) is 0 Å². The Morgan fingerprint density at radius 1 is 0.838 bits per heavy atom. The molecule has 0 saturated heterocycles. The zero-order valence-electron chi connectivity index (χ0n) is 26.7. The molecule has 3 nitrogen and oxygen atoms in total. The van der Waals surface area contributed by atoms with Gasteiger partial charge in [-0.15, -0.1) is 0 Å². The molecule has 0 spiro atoms. The van der Waals surface area contributed by atoms with Gasteiger partial charge in [0.1, 0.15) is 0 Å². The third kappa shape index (κ3) is 6.06. The fourth-order valence-electron chi connectivity index (χ4n) is 7.44. The van der Waals surface area contributed by atoms with Gasteiger partial charge in [-0.1, -0.05) is 67.5 Å². The second-order valence-corrected chi connectivity index (χ2v) is 26.4. The maximum atomic E-state index is 10.8. The van der Waals surface area contributed by atoms with Crippen LogP contribution in [-0.4, -0.2) is 41.1 Å². The minimum atomic E-state index is -1.86. The van der Waals surface area contributed by atoms with E-state index >= 15 is 0 Å². The molecule has 7 atom stereocenters. The number of aliphatic hydroxyl groups excluding tert-OH is 1. The van der Waals surface area contributed by atoms with Crippen LogP contribution in [0.1, 0.15) is 100 Å². The lowest BCUT2D eigenvalue weighted by Crippen LogP contribution is -2.54. The summed E-state index contributed by atoms with van der Waals surface area (Å²) in [5.41, 5.74) is 1.92. The van der Waals surface area contributed by atoms with E-state index in [1.165, 1.54) is 31.3 Å². The summed E-state index contributed by atoms with van der Waals surface area (Å²) in [6.07, 6.45) is 7.67. The lowest BCUT2D eigenvalue weighted by molar-refractivity contribution is -0.102. The second-order valence-electron chi connectivity index (χ2n) is 16.7. The lowest BCUT2D eigenvalue weighted by atomic mass is 9.49. The topological polar surface area (TPSA) is 38.7 Å². The number of fused-ring (bicyclic) bond motifs is 1. The molecule has 0 aromatic rings. The molecule has 0 bridgehead atoms. The molecule has 0 aromatic carbocycles. The van der Waals surface area contributed by atoms with E-state index in [1.54, 1.807) is 0 Å². The highest BCUT2D eigenvalue weighted by Crippen LogP contribution is 2.64. The fourth-order valence-corrected chi connectivity index (χ4v) is 9.53. The smallest absolute Gasteiger partial charge is 0.191 e. The minimum Gasteiger partial charge on any atom is -0.417 e. The largest absolute Gasteiger partial charge is 0.417 e. The molecule has 3 saturated carbocycles. The minimum absolute atomic E-state index is 0.175. The van der Waals surface area contributed by atoms with Crippen molar-refractivity contribution < 1.29 is 14.0 Å². The summed E-state index contributed by atoms with van der Waals surface area (Å²) in [6.45, 7) is 35.0. The van der Waals surface area contributed by atoms with Crippen molar-refractivity contribution in [1.29, 1.82) is 0 Å². The molecule has 216 valence electrons. The average molecular weight is 551 g/mol. The van der Waals surface area contributed by atoms with Crippen LogP contribution in [-0.2, 0) is 8.85 Å². The Morgan fingerprint density at radius 2 is 1.38 bits per heavy atom. The normalized spacial score (nSPS) is 38.1. The van der Waals surface area contributed by atoms with E-state index in [0.29, 0.717) is 23.7 Å². The second kappa shape index (κ2) is 10.5. The van der Waals surface area contributed by atoms with Crippen molar-refractivity contribution in [2.45, 2.75) is 143 Å².